The molecule has 0 radical (unpaired) electrons. The number of carbonyl (C=O) groups excluding carboxylic acids is 1. The first kappa shape index (κ1) is 12.9. The van der Waals surface area contributed by atoms with Crippen LogP contribution in [0.3, 0.4) is 0 Å². The van der Waals surface area contributed by atoms with Gasteiger partial charge in [-0.15, -0.1) is 11.8 Å². The Balaban J connectivity index is 1.97. The third kappa shape index (κ3) is 2.23. The molecule has 4 heteroatoms. The van der Waals surface area contributed by atoms with Crippen LogP contribution in [0.2, 0.25) is 0 Å². The van der Waals surface area contributed by atoms with Gasteiger partial charge in [0.05, 0.1) is 0 Å². The van der Waals surface area contributed by atoms with Crippen LogP contribution >= 0.6 is 11.8 Å². The lowest BCUT2D eigenvalue weighted by Gasteiger charge is -2.12. The fourth-order valence-electron chi connectivity index (χ4n) is 2.46. The van der Waals surface area contributed by atoms with Gasteiger partial charge in [-0.25, -0.2) is 4.79 Å². The zero-order chi connectivity index (χ0) is 14.1. The third-order valence-electron chi connectivity index (χ3n) is 3.39. The molecule has 0 aromatic heterocycles. The SMILES string of the molecule is O=C(O)C(=O)c1ccccc1C1Cc2ccccc2S1. The van der Waals surface area contributed by atoms with Gasteiger partial charge in [-0.05, 0) is 23.6 Å². The summed E-state index contributed by atoms with van der Waals surface area (Å²) in [5, 5.41) is 9.02. The van der Waals surface area contributed by atoms with Gasteiger partial charge in [-0.2, -0.15) is 0 Å². The number of hydrogen-bond donors (Lipinski definition) is 1. The Bertz CT molecular complexity index is 669. The molecule has 0 saturated heterocycles. The van der Waals surface area contributed by atoms with E-state index in [1.54, 1.807) is 23.9 Å². The van der Waals surface area contributed by atoms with E-state index in [1.165, 1.54) is 10.5 Å². The molecule has 2 aromatic carbocycles. The molecule has 1 atom stereocenters. The van der Waals surface area contributed by atoms with E-state index in [0.717, 1.165) is 12.0 Å². The Labute approximate surface area is 120 Å². The van der Waals surface area contributed by atoms with Crippen LogP contribution < -0.4 is 0 Å². The maximum atomic E-state index is 11.8. The lowest BCUT2D eigenvalue weighted by molar-refractivity contribution is -0.131. The minimum absolute atomic E-state index is 0.104. The first-order valence-corrected chi connectivity index (χ1v) is 7.16. The van der Waals surface area contributed by atoms with Gasteiger partial charge >= 0.3 is 5.97 Å². The second kappa shape index (κ2) is 5.13. The third-order valence-corrected chi connectivity index (χ3v) is 4.75. The summed E-state index contributed by atoms with van der Waals surface area (Å²) in [6.07, 6.45) is 0.824. The van der Waals surface area contributed by atoms with Gasteiger partial charge in [-0.1, -0.05) is 42.5 Å². The number of fused-ring (bicyclic) bond motifs is 1. The molecule has 20 heavy (non-hydrogen) atoms. The van der Waals surface area contributed by atoms with E-state index < -0.39 is 11.8 Å². The van der Waals surface area contributed by atoms with Crippen LogP contribution in [0.15, 0.2) is 53.4 Å². The molecule has 1 N–H and O–H groups in total. The summed E-state index contributed by atoms with van der Waals surface area (Å²) in [5.41, 5.74) is 2.35. The maximum Gasteiger partial charge on any atom is 0.377 e. The molecule has 0 spiro atoms. The van der Waals surface area contributed by atoms with Crippen molar-refractivity contribution in [1.29, 1.82) is 0 Å². The first-order chi connectivity index (χ1) is 9.66. The first-order valence-electron chi connectivity index (χ1n) is 6.28. The van der Waals surface area contributed by atoms with Crippen LogP contribution in [0.5, 0.6) is 0 Å². The number of ketones is 1. The molecule has 0 fully saturated rings. The Hall–Kier alpha value is -2.07. The minimum Gasteiger partial charge on any atom is -0.475 e. The van der Waals surface area contributed by atoms with Gasteiger partial charge in [0.1, 0.15) is 0 Å². The average Bonchev–Trinajstić information content (AvgIpc) is 2.90. The molecule has 0 aliphatic carbocycles. The van der Waals surface area contributed by atoms with Crippen molar-refractivity contribution in [3.63, 3.8) is 0 Å². The summed E-state index contributed by atoms with van der Waals surface area (Å²) >= 11 is 1.69. The molecule has 3 rings (SSSR count). The Morgan fingerprint density at radius 2 is 1.75 bits per heavy atom. The molecule has 0 saturated carbocycles. The van der Waals surface area contributed by atoms with Gasteiger partial charge in [0, 0.05) is 15.7 Å². The van der Waals surface area contributed by atoms with E-state index in [9.17, 15) is 9.59 Å². The van der Waals surface area contributed by atoms with E-state index in [4.69, 9.17) is 5.11 Å². The standard InChI is InChI=1S/C16H12O3S/c17-15(16(18)19)12-7-3-2-6-11(12)14-9-10-5-1-4-8-13(10)20-14/h1-8,14H,9H2,(H,18,19). The van der Waals surface area contributed by atoms with Crippen LogP contribution in [-0.2, 0) is 11.2 Å². The van der Waals surface area contributed by atoms with Crippen molar-refractivity contribution in [2.45, 2.75) is 16.6 Å². The van der Waals surface area contributed by atoms with Crippen molar-refractivity contribution in [2.75, 3.05) is 0 Å². The Kier molecular flexibility index (Phi) is 3.32. The lowest BCUT2D eigenvalue weighted by atomic mass is 9.97. The van der Waals surface area contributed by atoms with Gasteiger partial charge in [0.15, 0.2) is 0 Å². The van der Waals surface area contributed by atoms with Crippen LogP contribution in [0.4, 0.5) is 0 Å². The molecular formula is C16H12O3S. The van der Waals surface area contributed by atoms with Gasteiger partial charge in [0.2, 0.25) is 0 Å². The zero-order valence-corrected chi connectivity index (χ0v) is 11.4. The van der Waals surface area contributed by atoms with Crippen molar-refractivity contribution in [3.8, 4) is 0 Å². The monoisotopic (exact) mass is 284 g/mol. The van der Waals surface area contributed by atoms with Crippen molar-refractivity contribution in [2.24, 2.45) is 0 Å². The van der Waals surface area contributed by atoms with Crippen molar-refractivity contribution in [1.82, 2.24) is 0 Å². The fraction of sp³-hybridized carbons (Fsp3) is 0.125. The summed E-state index contributed by atoms with van der Waals surface area (Å²) < 4.78 is 0. The Morgan fingerprint density at radius 3 is 2.50 bits per heavy atom. The number of carboxylic acids is 1. The van der Waals surface area contributed by atoms with Gasteiger partial charge in [0.25, 0.3) is 5.78 Å². The van der Waals surface area contributed by atoms with E-state index >= 15 is 0 Å². The largest absolute Gasteiger partial charge is 0.475 e. The van der Waals surface area contributed by atoms with Crippen molar-refractivity contribution >= 4 is 23.5 Å². The molecule has 2 aromatic rings. The minimum atomic E-state index is -1.40. The normalized spacial score (nSPS) is 16.7. The summed E-state index contributed by atoms with van der Waals surface area (Å²) in [6, 6.07) is 15.1. The van der Waals surface area contributed by atoms with Crippen LogP contribution in [0, 0.1) is 0 Å². The second-order valence-electron chi connectivity index (χ2n) is 4.64. The van der Waals surface area contributed by atoms with E-state index in [0.29, 0.717) is 5.56 Å². The number of Topliss-reactive ketones (excluding diaryl/α,β-unsaturated/α-hetero) is 1. The highest BCUT2D eigenvalue weighted by atomic mass is 32.2. The van der Waals surface area contributed by atoms with Gasteiger partial charge < -0.3 is 5.11 Å². The number of rotatable bonds is 3. The smallest absolute Gasteiger partial charge is 0.377 e. The number of thioether (sulfide) groups is 1. The molecule has 0 bridgehead atoms. The predicted octanol–water partition coefficient (Wildman–Crippen LogP) is 3.34. The highest BCUT2D eigenvalue weighted by Crippen LogP contribution is 2.47. The van der Waals surface area contributed by atoms with Crippen molar-refractivity contribution in [3.05, 3.63) is 65.2 Å². The number of carbonyl (C=O) groups is 2. The highest BCUT2D eigenvalue weighted by molar-refractivity contribution is 7.99. The molecule has 1 unspecified atom stereocenters. The van der Waals surface area contributed by atoms with E-state index in [-0.39, 0.29) is 5.25 Å². The predicted molar refractivity (Wildman–Crippen MR) is 77.2 cm³/mol. The number of carboxylic acid groups (broad SMARTS) is 1. The molecular weight excluding hydrogens is 272 g/mol. The molecule has 1 aliphatic heterocycles. The molecule has 100 valence electrons. The molecule has 0 amide bonds. The number of hydrogen-bond acceptors (Lipinski definition) is 3. The quantitative estimate of drug-likeness (QED) is 0.693. The maximum absolute atomic E-state index is 11.8. The fourth-order valence-corrected chi connectivity index (χ4v) is 3.82. The average molecular weight is 284 g/mol. The van der Waals surface area contributed by atoms with E-state index in [1.807, 2.05) is 24.3 Å². The van der Waals surface area contributed by atoms with Gasteiger partial charge in [-0.3, -0.25) is 4.79 Å². The van der Waals surface area contributed by atoms with Crippen molar-refractivity contribution < 1.29 is 14.7 Å². The lowest BCUT2D eigenvalue weighted by Crippen LogP contribution is -2.15. The van der Waals surface area contributed by atoms with Crippen LogP contribution in [-0.4, -0.2) is 16.9 Å². The summed E-state index contributed by atoms with van der Waals surface area (Å²) in [7, 11) is 0. The van der Waals surface area contributed by atoms with Crippen LogP contribution in [0.25, 0.3) is 0 Å². The summed E-state index contributed by atoms with van der Waals surface area (Å²) in [5.74, 6) is -2.24. The summed E-state index contributed by atoms with van der Waals surface area (Å²) in [6.45, 7) is 0. The molecule has 1 aliphatic rings. The Morgan fingerprint density at radius 1 is 1.05 bits per heavy atom. The van der Waals surface area contributed by atoms with E-state index in [2.05, 4.69) is 12.1 Å². The number of aliphatic carboxylic acids is 1. The molecule has 3 nitrogen and oxygen atoms in total. The molecule has 1 heterocycles. The topological polar surface area (TPSA) is 54.4 Å². The zero-order valence-electron chi connectivity index (χ0n) is 10.6. The second-order valence-corrected chi connectivity index (χ2v) is 5.88. The number of benzene rings is 2. The summed E-state index contributed by atoms with van der Waals surface area (Å²) in [4.78, 5) is 23.9. The highest BCUT2D eigenvalue weighted by Gasteiger charge is 2.28. The van der Waals surface area contributed by atoms with Crippen LogP contribution in [0.1, 0.15) is 26.7 Å².